The Labute approximate surface area is 120 Å². The largest absolute Gasteiger partial charge is 0.382 e. The monoisotopic (exact) mass is 273 g/mol. The highest BCUT2D eigenvalue weighted by molar-refractivity contribution is 5.93. The van der Waals surface area contributed by atoms with Crippen LogP contribution in [0.2, 0.25) is 0 Å². The summed E-state index contributed by atoms with van der Waals surface area (Å²) >= 11 is 0. The summed E-state index contributed by atoms with van der Waals surface area (Å²) < 4.78 is 0. The predicted octanol–water partition coefficient (Wildman–Crippen LogP) is 3.16. The number of nitrogens with zero attached hydrogens (tertiary/aromatic N) is 1. The highest BCUT2D eigenvalue weighted by atomic mass is 16.3. The van der Waals surface area contributed by atoms with E-state index in [1.807, 2.05) is 6.07 Å². The average molecular weight is 273 g/mol. The maximum atomic E-state index is 12.9. The van der Waals surface area contributed by atoms with Gasteiger partial charge in [-0.2, -0.15) is 0 Å². The number of aliphatic hydroxyl groups is 1. The van der Waals surface area contributed by atoms with Crippen molar-refractivity contribution in [2.24, 2.45) is 0 Å². The molecule has 1 atom stereocenters. The van der Waals surface area contributed by atoms with Gasteiger partial charge in [0, 0.05) is 6.20 Å². The maximum Gasteiger partial charge on any atom is 0.173 e. The van der Waals surface area contributed by atoms with E-state index in [-0.39, 0.29) is 11.7 Å². The molecule has 3 heteroatoms. The standard InChI is InChI=1S/C17H23NO2/c19-16(17(20)10-3-1-2-4-11-17)14-9-5-7-13-8-6-12-18-15(13)14/h6,8,12,14,20H,1-5,7,9-11H2. The molecule has 3 nitrogen and oxygen atoms in total. The molecule has 0 radical (unpaired) electrons. The van der Waals surface area contributed by atoms with Gasteiger partial charge in [-0.15, -0.1) is 0 Å². The zero-order chi connectivity index (χ0) is 14.0. The van der Waals surface area contributed by atoms with Crippen LogP contribution in [0.1, 0.15) is 68.5 Å². The van der Waals surface area contributed by atoms with Crippen LogP contribution >= 0.6 is 0 Å². The van der Waals surface area contributed by atoms with Crippen molar-refractivity contribution in [3.05, 3.63) is 29.6 Å². The fraction of sp³-hybridized carbons (Fsp3) is 0.647. The van der Waals surface area contributed by atoms with E-state index >= 15 is 0 Å². The highest BCUT2D eigenvalue weighted by Crippen LogP contribution is 2.37. The number of hydrogen-bond donors (Lipinski definition) is 1. The molecule has 1 N–H and O–H groups in total. The molecule has 2 aliphatic carbocycles. The number of ketones is 1. The molecule has 1 aromatic heterocycles. The van der Waals surface area contributed by atoms with Gasteiger partial charge in [0.2, 0.25) is 0 Å². The molecule has 20 heavy (non-hydrogen) atoms. The molecule has 1 aromatic rings. The van der Waals surface area contributed by atoms with Crippen molar-refractivity contribution in [1.29, 1.82) is 0 Å². The summed E-state index contributed by atoms with van der Waals surface area (Å²) in [4.78, 5) is 17.3. The Morgan fingerprint density at radius 1 is 1.20 bits per heavy atom. The van der Waals surface area contributed by atoms with Gasteiger partial charge < -0.3 is 5.11 Å². The molecule has 1 fully saturated rings. The third kappa shape index (κ3) is 2.51. The van der Waals surface area contributed by atoms with E-state index in [4.69, 9.17) is 0 Å². The van der Waals surface area contributed by atoms with Crippen molar-refractivity contribution in [3.8, 4) is 0 Å². The normalized spacial score (nSPS) is 25.6. The Bertz CT molecular complexity index is 490. The molecule has 0 aromatic carbocycles. The van der Waals surface area contributed by atoms with Crippen LogP contribution in [-0.4, -0.2) is 21.5 Å². The summed E-state index contributed by atoms with van der Waals surface area (Å²) in [6.45, 7) is 0. The molecule has 0 spiro atoms. The van der Waals surface area contributed by atoms with Crippen LogP contribution in [0.25, 0.3) is 0 Å². The molecule has 0 bridgehead atoms. The van der Waals surface area contributed by atoms with Gasteiger partial charge in [0.25, 0.3) is 0 Å². The third-order valence-corrected chi connectivity index (χ3v) is 4.90. The Kier molecular flexibility index (Phi) is 3.88. The lowest BCUT2D eigenvalue weighted by molar-refractivity contribution is -0.140. The zero-order valence-electron chi connectivity index (χ0n) is 12.0. The first-order valence-electron chi connectivity index (χ1n) is 7.91. The Balaban J connectivity index is 1.87. The van der Waals surface area contributed by atoms with Crippen LogP contribution in [0.15, 0.2) is 18.3 Å². The van der Waals surface area contributed by atoms with Gasteiger partial charge in [-0.1, -0.05) is 31.7 Å². The topological polar surface area (TPSA) is 50.2 Å². The van der Waals surface area contributed by atoms with E-state index in [9.17, 15) is 9.90 Å². The molecule has 2 aliphatic rings. The number of Topliss-reactive ketones (excluding diaryl/α,β-unsaturated/α-hetero) is 1. The van der Waals surface area contributed by atoms with Crippen LogP contribution in [0.5, 0.6) is 0 Å². The van der Waals surface area contributed by atoms with E-state index in [1.165, 1.54) is 5.56 Å². The van der Waals surface area contributed by atoms with Gasteiger partial charge in [0.05, 0.1) is 11.6 Å². The van der Waals surface area contributed by atoms with Crippen molar-refractivity contribution in [3.63, 3.8) is 0 Å². The third-order valence-electron chi connectivity index (χ3n) is 4.90. The van der Waals surface area contributed by atoms with Crippen LogP contribution in [0.4, 0.5) is 0 Å². The number of aromatic nitrogens is 1. The minimum absolute atomic E-state index is 0.0269. The van der Waals surface area contributed by atoms with Gasteiger partial charge >= 0.3 is 0 Å². The fourth-order valence-electron chi connectivity index (χ4n) is 3.75. The SMILES string of the molecule is O=C(C1CCCc2cccnc21)C1(O)CCCCCC1. The lowest BCUT2D eigenvalue weighted by Crippen LogP contribution is -2.42. The van der Waals surface area contributed by atoms with Gasteiger partial charge in [-0.25, -0.2) is 0 Å². The lowest BCUT2D eigenvalue weighted by Gasteiger charge is -2.32. The molecular weight excluding hydrogens is 250 g/mol. The Morgan fingerprint density at radius 2 is 1.95 bits per heavy atom. The molecular formula is C17H23NO2. The second-order valence-electron chi connectivity index (χ2n) is 6.30. The van der Waals surface area contributed by atoms with Crippen molar-refractivity contribution in [2.75, 3.05) is 0 Å². The molecule has 1 unspecified atom stereocenters. The number of fused-ring (bicyclic) bond motifs is 1. The maximum absolute atomic E-state index is 12.9. The molecule has 0 amide bonds. The quantitative estimate of drug-likeness (QED) is 0.842. The van der Waals surface area contributed by atoms with Crippen molar-refractivity contribution in [2.45, 2.75) is 69.3 Å². The van der Waals surface area contributed by atoms with Gasteiger partial charge in [0.15, 0.2) is 5.78 Å². The van der Waals surface area contributed by atoms with Crippen molar-refractivity contribution < 1.29 is 9.90 Å². The summed E-state index contributed by atoms with van der Waals surface area (Å²) in [5.74, 6) is -0.165. The average Bonchev–Trinajstić information content (AvgIpc) is 2.72. The van der Waals surface area contributed by atoms with Gasteiger partial charge in [-0.05, 0) is 43.7 Å². The van der Waals surface area contributed by atoms with Gasteiger partial charge in [0.1, 0.15) is 5.60 Å². The Morgan fingerprint density at radius 3 is 2.70 bits per heavy atom. The first kappa shape index (κ1) is 13.7. The van der Waals surface area contributed by atoms with E-state index in [0.29, 0.717) is 12.8 Å². The highest BCUT2D eigenvalue weighted by Gasteiger charge is 2.42. The van der Waals surface area contributed by atoms with E-state index in [2.05, 4.69) is 11.1 Å². The first-order valence-corrected chi connectivity index (χ1v) is 7.91. The van der Waals surface area contributed by atoms with Crippen LogP contribution in [0.3, 0.4) is 0 Å². The Hall–Kier alpha value is -1.22. The molecule has 1 saturated carbocycles. The van der Waals surface area contributed by atoms with E-state index < -0.39 is 5.60 Å². The number of pyridine rings is 1. The molecule has 0 aliphatic heterocycles. The second kappa shape index (κ2) is 5.65. The zero-order valence-corrected chi connectivity index (χ0v) is 12.0. The summed E-state index contributed by atoms with van der Waals surface area (Å²) in [7, 11) is 0. The lowest BCUT2D eigenvalue weighted by atomic mass is 9.76. The summed E-state index contributed by atoms with van der Waals surface area (Å²) in [6, 6.07) is 4.00. The van der Waals surface area contributed by atoms with Crippen LogP contribution in [0, 0.1) is 0 Å². The van der Waals surface area contributed by atoms with Crippen molar-refractivity contribution in [1.82, 2.24) is 4.98 Å². The molecule has 1 heterocycles. The predicted molar refractivity (Wildman–Crippen MR) is 77.6 cm³/mol. The smallest absolute Gasteiger partial charge is 0.173 e. The summed E-state index contributed by atoms with van der Waals surface area (Å²) in [5.41, 5.74) is 1.00. The second-order valence-corrected chi connectivity index (χ2v) is 6.30. The minimum Gasteiger partial charge on any atom is -0.382 e. The number of carbonyl (C=O) groups is 1. The summed E-state index contributed by atoms with van der Waals surface area (Å²) in [6.07, 6.45) is 10.1. The fourth-order valence-corrected chi connectivity index (χ4v) is 3.75. The van der Waals surface area contributed by atoms with Crippen LogP contribution in [-0.2, 0) is 11.2 Å². The first-order chi connectivity index (χ1) is 9.71. The van der Waals surface area contributed by atoms with Crippen LogP contribution < -0.4 is 0 Å². The molecule has 108 valence electrons. The number of hydrogen-bond acceptors (Lipinski definition) is 3. The number of rotatable bonds is 2. The molecule has 3 rings (SSSR count). The minimum atomic E-state index is -1.10. The summed E-state index contributed by atoms with van der Waals surface area (Å²) in [5, 5.41) is 10.8. The van der Waals surface area contributed by atoms with Crippen molar-refractivity contribution >= 4 is 5.78 Å². The van der Waals surface area contributed by atoms with E-state index in [0.717, 1.165) is 50.6 Å². The van der Waals surface area contributed by atoms with Gasteiger partial charge in [-0.3, -0.25) is 9.78 Å². The molecule has 0 saturated heterocycles. The number of carbonyl (C=O) groups excluding carboxylic acids is 1. The van der Waals surface area contributed by atoms with E-state index in [1.54, 1.807) is 6.20 Å². The number of aryl methyl sites for hydroxylation is 1.